The van der Waals surface area contributed by atoms with Crippen molar-refractivity contribution in [2.24, 2.45) is 0 Å². The number of nitro groups is 1. The smallest absolute Gasteiger partial charge is 0.339 e. The van der Waals surface area contributed by atoms with Crippen LogP contribution in [0.1, 0.15) is 43.0 Å². The number of hydrogen-bond donors (Lipinski definition) is 2. The molecule has 8 nitrogen and oxygen atoms in total. The van der Waals surface area contributed by atoms with Crippen LogP contribution >= 0.6 is 0 Å². The molecule has 1 amide bonds. The predicted molar refractivity (Wildman–Crippen MR) is 82.8 cm³/mol. The third kappa shape index (κ3) is 4.18. The second-order valence-electron chi connectivity index (χ2n) is 5.57. The van der Waals surface area contributed by atoms with E-state index in [1.165, 1.54) is 19.1 Å². The van der Waals surface area contributed by atoms with E-state index in [2.05, 4.69) is 5.32 Å². The van der Waals surface area contributed by atoms with Crippen LogP contribution in [0.5, 0.6) is 0 Å². The minimum Gasteiger partial charge on any atom is -0.449 e. The number of nitrogens with two attached hydrogens (primary N) is 1. The Labute approximate surface area is 133 Å². The first kappa shape index (κ1) is 16.7. The molecular formula is C15H19N3O5. The second-order valence-corrected chi connectivity index (χ2v) is 5.57. The third-order valence-corrected chi connectivity index (χ3v) is 3.82. The molecule has 1 aromatic carbocycles. The maximum atomic E-state index is 12.0. The molecule has 0 bridgehead atoms. The zero-order valence-corrected chi connectivity index (χ0v) is 12.8. The van der Waals surface area contributed by atoms with Crippen molar-refractivity contribution in [2.75, 3.05) is 5.73 Å². The van der Waals surface area contributed by atoms with E-state index in [-0.39, 0.29) is 28.9 Å². The lowest BCUT2D eigenvalue weighted by Gasteiger charge is -2.17. The number of carbonyl (C=O) groups excluding carboxylic acids is 2. The fourth-order valence-electron chi connectivity index (χ4n) is 2.50. The Morgan fingerprint density at radius 2 is 2.04 bits per heavy atom. The number of nitrogens with zero attached hydrogens (tertiary/aromatic N) is 1. The van der Waals surface area contributed by atoms with Crippen molar-refractivity contribution in [3.63, 3.8) is 0 Å². The average molecular weight is 321 g/mol. The number of amides is 1. The largest absolute Gasteiger partial charge is 0.449 e. The Kier molecular flexibility index (Phi) is 5.15. The molecule has 1 saturated carbocycles. The molecule has 0 heterocycles. The lowest BCUT2D eigenvalue weighted by atomic mass is 10.1. The van der Waals surface area contributed by atoms with Crippen LogP contribution < -0.4 is 11.1 Å². The molecule has 1 aliphatic rings. The molecule has 0 unspecified atom stereocenters. The SMILES string of the molecule is C[C@@H](OC(=O)c1ccc(N)c([N+](=O)[O-])c1)C(=O)NC1CCCC1. The van der Waals surface area contributed by atoms with Gasteiger partial charge in [0.1, 0.15) is 5.69 Å². The van der Waals surface area contributed by atoms with E-state index >= 15 is 0 Å². The summed E-state index contributed by atoms with van der Waals surface area (Å²) in [6.45, 7) is 1.47. The molecule has 0 aliphatic heterocycles. The number of nitrogens with one attached hydrogen (secondary N) is 1. The van der Waals surface area contributed by atoms with Crippen molar-refractivity contribution in [2.45, 2.75) is 44.8 Å². The maximum Gasteiger partial charge on any atom is 0.339 e. The van der Waals surface area contributed by atoms with Gasteiger partial charge < -0.3 is 15.8 Å². The highest BCUT2D eigenvalue weighted by Gasteiger charge is 2.24. The Morgan fingerprint density at radius 3 is 2.65 bits per heavy atom. The lowest BCUT2D eigenvalue weighted by Crippen LogP contribution is -2.40. The molecule has 1 aromatic rings. The number of carbonyl (C=O) groups is 2. The second kappa shape index (κ2) is 7.08. The van der Waals surface area contributed by atoms with Crippen LogP contribution in [-0.4, -0.2) is 28.9 Å². The average Bonchev–Trinajstić information content (AvgIpc) is 3.00. The van der Waals surface area contributed by atoms with Crippen LogP contribution in [0.2, 0.25) is 0 Å². The van der Waals surface area contributed by atoms with Crippen molar-refractivity contribution in [3.05, 3.63) is 33.9 Å². The van der Waals surface area contributed by atoms with Gasteiger partial charge in [-0.05, 0) is 31.9 Å². The molecule has 1 fully saturated rings. The first-order valence-electron chi connectivity index (χ1n) is 7.43. The van der Waals surface area contributed by atoms with Gasteiger partial charge in [0.15, 0.2) is 6.10 Å². The predicted octanol–water partition coefficient (Wildman–Crippen LogP) is 1.78. The Balaban J connectivity index is 1.99. The molecule has 1 aliphatic carbocycles. The molecule has 3 N–H and O–H groups in total. The Bertz CT molecular complexity index is 626. The summed E-state index contributed by atoms with van der Waals surface area (Å²) in [4.78, 5) is 34.1. The normalized spacial score (nSPS) is 15.9. The minimum absolute atomic E-state index is 0.0218. The molecule has 2 rings (SSSR count). The van der Waals surface area contributed by atoms with Crippen LogP contribution in [0.3, 0.4) is 0 Å². The molecule has 0 spiro atoms. The fourth-order valence-corrected chi connectivity index (χ4v) is 2.50. The zero-order valence-electron chi connectivity index (χ0n) is 12.8. The summed E-state index contributed by atoms with van der Waals surface area (Å²) >= 11 is 0. The number of benzene rings is 1. The van der Waals surface area contributed by atoms with E-state index in [4.69, 9.17) is 10.5 Å². The quantitative estimate of drug-likeness (QED) is 0.368. The van der Waals surface area contributed by atoms with Gasteiger partial charge in [-0.25, -0.2) is 4.79 Å². The number of nitro benzene ring substituents is 1. The summed E-state index contributed by atoms with van der Waals surface area (Å²) in [6, 6.07) is 3.75. The lowest BCUT2D eigenvalue weighted by molar-refractivity contribution is -0.383. The van der Waals surface area contributed by atoms with E-state index in [1.54, 1.807) is 0 Å². The van der Waals surface area contributed by atoms with Crippen LogP contribution in [0, 0.1) is 10.1 Å². The standard InChI is InChI=1S/C15H19N3O5/c1-9(14(19)17-11-4-2-3-5-11)23-15(20)10-6-7-12(16)13(8-10)18(21)22/h6-9,11H,2-5,16H2,1H3,(H,17,19)/t9-/m1/s1. The zero-order chi connectivity index (χ0) is 17.0. The van der Waals surface area contributed by atoms with Crippen molar-refractivity contribution in [3.8, 4) is 0 Å². The number of hydrogen-bond acceptors (Lipinski definition) is 6. The Hall–Kier alpha value is -2.64. The van der Waals surface area contributed by atoms with Gasteiger partial charge >= 0.3 is 5.97 Å². The van der Waals surface area contributed by atoms with Gasteiger partial charge in [-0.2, -0.15) is 0 Å². The molecule has 1 atom stereocenters. The highest BCUT2D eigenvalue weighted by Crippen LogP contribution is 2.23. The summed E-state index contributed by atoms with van der Waals surface area (Å²) in [5.74, 6) is -1.17. The summed E-state index contributed by atoms with van der Waals surface area (Å²) in [5, 5.41) is 13.7. The van der Waals surface area contributed by atoms with E-state index in [0.717, 1.165) is 31.7 Å². The number of rotatable bonds is 5. The van der Waals surface area contributed by atoms with Crippen LogP contribution in [0.4, 0.5) is 11.4 Å². The summed E-state index contributed by atoms with van der Waals surface area (Å²) in [5.41, 5.74) is 5.04. The molecule has 0 saturated heterocycles. The topological polar surface area (TPSA) is 125 Å². The van der Waals surface area contributed by atoms with Gasteiger partial charge in [-0.1, -0.05) is 12.8 Å². The maximum absolute atomic E-state index is 12.0. The van der Waals surface area contributed by atoms with Crippen molar-refractivity contribution in [1.29, 1.82) is 0 Å². The summed E-state index contributed by atoms with van der Waals surface area (Å²) < 4.78 is 5.07. The molecule has 8 heteroatoms. The number of nitrogen functional groups attached to an aromatic ring is 1. The van der Waals surface area contributed by atoms with Gasteiger partial charge in [0.25, 0.3) is 11.6 Å². The molecule has 0 aromatic heterocycles. The van der Waals surface area contributed by atoms with Crippen LogP contribution in [0.15, 0.2) is 18.2 Å². The first-order chi connectivity index (χ1) is 10.9. The molecule has 0 radical (unpaired) electrons. The van der Waals surface area contributed by atoms with Crippen molar-refractivity contribution < 1.29 is 19.2 Å². The van der Waals surface area contributed by atoms with Gasteiger partial charge in [-0.3, -0.25) is 14.9 Å². The van der Waals surface area contributed by atoms with Crippen molar-refractivity contribution >= 4 is 23.3 Å². The Morgan fingerprint density at radius 1 is 1.39 bits per heavy atom. The first-order valence-corrected chi connectivity index (χ1v) is 7.43. The van der Waals surface area contributed by atoms with Gasteiger partial charge in [-0.15, -0.1) is 0 Å². The summed E-state index contributed by atoms with van der Waals surface area (Å²) in [6.07, 6.45) is 3.04. The van der Waals surface area contributed by atoms with Gasteiger partial charge in [0.2, 0.25) is 0 Å². The van der Waals surface area contributed by atoms with Crippen LogP contribution in [0.25, 0.3) is 0 Å². The van der Waals surface area contributed by atoms with Crippen LogP contribution in [-0.2, 0) is 9.53 Å². The highest BCUT2D eigenvalue weighted by atomic mass is 16.6. The summed E-state index contributed by atoms with van der Waals surface area (Å²) in [7, 11) is 0. The molecule has 23 heavy (non-hydrogen) atoms. The number of esters is 1. The minimum atomic E-state index is -0.972. The van der Waals surface area contributed by atoms with E-state index in [9.17, 15) is 19.7 Å². The fraction of sp³-hybridized carbons (Fsp3) is 0.467. The number of ether oxygens (including phenoxy) is 1. The van der Waals surface area contributed by atoms with Crippen molar-refractivity contribution in [1.82, 2.24) is 5.32 Å². The highest BCUT2D eigenvalue weighted by molar-refractivity contribution is 5.93. The monoisotopic (exact) mass is 321 g/mol. The molecular weight excluding hydrogens is 302 g/mol. The third-order valence-electron chi connectivity index (χ3n) is 3.82. The van der Waals surface area contributed by atoms with E-state index in [1.807, 2.05) is 0 Å². The van der Waals surface area contributed by atoms with Gasteiger partial charge in [0, 0.05) is 12.1 Å². The van der Waals surface area contributed by atoms with E-state index in [0.29, 0.717) is 0 Å². The number of anilines is 1. The molecule has 124 valence electrons. The van der Waals surface area contributed by atoms with Gasteiger partial charge in [0.05, 0.1) is 10.5 Å². The van der Waals surface area contributed by atoms with E-state index < -0.39 is 17.0 Å².